The predicted molar refractivity (Wildman–Crippen MR) is 114 cm³/mol. The second-order valence-electron chi connectivity index (χ2n) is 7.24. The highest BCUT2D eigenvalue weighted by Crippen LogP contribution is 2.23. The van der Waals surface area contributed by atoms with E-state index in [4.69, 9.17) is 0 Å². The van der Waals surface area contributed by atoms with Gasteiger partial charge in [-0.15, -0.1) is 0 Å². The molecule has 3 aromatic rings. The number of aromatic nitrogens is 2. The monoisotopic (exact) mass is 419 g/mol. The predicted octanol–water partition coefficient (Wildman–Crippen LogP) is 2.25. The van der Waals surface area contributed by atoms with Crippen LogP contribution in [0, 0.1) is 6.92 Å². The van der Waals surface area contributed by atoms with Crippen LogP contribution >= 0.6 is 0 Å². The molecule has 4 rings (SSSR count). The van der Waals surface area contributed by atoms with Crippen molar-refractivity contribution >= 4 is 23.5 Å². The summed E-state index contributed by atoms with van der Waals surface area (Å²) < 4.78 is 3.08. The molecule has 0 saturated carbocycles. The number of fused-ring (bicyclic) bond motifs is 1. The zero-order valence-electron chi connectivity index (χ0n) is 17.2. The minimum Gasteiger partial charge on any atom is -0.317 e. The summed E-state index contributed by atoms with van der Waals surface area (Å²) in [5, 5.41) is 5.13. The van der Waals surface area contributed by atoms with Gasteiger partial charge in [0.1, 0.15) is 11.9 Å². The molecule has 9 heteroatoms. The molecule has 0 aliphatic carbocycles. The molecule has 0 spiro atoms. The first-order valence-electron chi connectivity index (χ1n) is 9.69. The lowest BCUT2D eigenvalue weighted by molar-refractivity contribution is 0.0581. The number of nitrogens with zero attached hydrogens (tertiary/aromatic N) is 3. The molecule has 1 atom stereocenters. The number of hydrogen-bond donors (Lipinski definition) is 2. The van der Waals surface area contributed by atoms with Gasteiger partial charge in [-0.1, -0.05) is 30.3 Å². The highest BCUT2D eigenvalue weighted by Gasteiger charge is 2.38. The summed E-state index contributed by atoms with van der Waals surface area (Å²) in [6.45, 7) is 3.24. The number of benzene rings is 2. The van der Waals surface area contributed by atoms with Crippen LogP contribution in [0.2, 0.25) is 0 Å². The number of imide groups is 1. The molecule has 0 bridgehead atoms. The Labute approximate surface area is 177 Å². The van der Waals surface area contributed by atoms with Gasteiger partial charge in [0.25, 0.3) is 17.4 Å². The van der Waals surface area contributed by atoms with Crippen molar-refractivity contribution in [2.75, 3.05) is 5.32 Å². The molecule has 1 aromatic heterocycles. The highest BCUT2D eigenvalue weighted by molar-refractivity contribution is 6.21. The van der Waals surface area contributed by atoms with Crippen LogP contribution in [0.3, 0.4) is 0 Å². The first-order chi connectivity index (χ1) is 14.8. The van der Waals surface area contributed by atoms with Crippen molar-refractivity contribution in [3.8, 4) is 5.69 Å². The number of carbonyl (C=O) groups excluding carboxylic acids is 3. The third-order valence-electron chi connectivity index (χ3n) is 5.35. The molecule has 0 saturated heterocycles. The first-order valence-corrected chi connectivity index (χ1v) is 9.69. The van der Waals surface area contributed by atoms with Gasteiger partial charge in [0.05, 0.1) is 22.5 Å². The fourth-order valence-corrected chi connectivity index (χ4v) is 3.68. The number of carbonyl (C=O) groups is 3. The third-order valence-corrected chi connectivity index (χ3v) is 5.35. The van der Waals surface area contributed by atoms with Crippen molar-refractivity contribution in [2.45, 2.75) is 20.0 Å². The van der Waals surface area contributed by atoms with Crippen molar-refractivity contribution < 1.29 is 14.4 Å². The van der Waals surface area contributed by atoms with E-state index in [0.717, 1.165) is 4.90 Å². The van der Waals surface area contributed by atoms with Crippen LogP contribution in [0.4, 0.5) is 10.5 Å². The quantitative estimate of drug-likeness (QED) is 0.633. The fraction of sp³-hybridized carbons (Fsp3) is 0.182. The second kappa shape index (κ2) is 7.60. The number of rotatable bonds is 4. The molecule has 1 aliphatic rings. The van der Waals surface area contributed by atoms with Crippen molar-refractivity contribution in [3.63, 3.8) is 0 Å². The maximum Gasteiger partial charge on any atom is 0.321 e. The number of para-hydroxylation sites is 1. The van der Waals surface area contributed by atoms with E-state index in [1.165, 1.54) is 11.6 Å². The van der Waals surface area contributed by atoms with Gasteiger partial charge < -0.3 is 10.6 Å². The molecule has 1 aliphatic heterocycles. The van der Waals surface area contributed by atoms with Crippen LogP contribution in [0.1, 0.15) is 33.3 Å². The molecular weight excluding hydrogens is 398 g/mol. The molecular formula is C22H21N5O4. The Morgan fingerprint density at radius 3 is 2.03 bits per heavy atom. The van der Waals surface area contributed by atoms with Gasteiger partial charge in [-0.05, 0) is 38.1 Å². The van der Waals surface area contributed by atoms with Crippen LogP contribution in [0.25, 0.3) is 5.69 Å². The molecule has 31 heavy (non-hydrogen) atoms. The highest BCUT2D eigenvalue weighted by atomic mass is 16.2. The molecule has 4 amide bonds. The van der Waals surface area contributed by atoms with Gasteiger partial charge >= 0.3 is 6.03 Å². The Morgan fingerprint density at radius 1 is 0.903 bits per heavy atom. The molecule has 9 nitrogen and oxygen atoms in total. The molecule has 0 fully saturated rings. The van der Waals surface area contributed by atoms with Crippen LogP contribution in [-0.4, -0.2) is 38.3 Å². The lowest BCUT2D eigenvalue weighted by Crippen LogP contribution is -2.50. The molecule has 1 unspecified atom stereocenters. The van der Waals surface area contributed by atoms with Crippen LogP contribution in [-0.2, 0) is 7.05 Å². The SMILES string of the molecule is Cc1c(NC(=O)NC(C)N2C(=O)c3ccccc3C2=O)c(=O)n(-c2ccccc2)n1C. The largest absolute Gasteiger partial charge is 0.321 e. The average molecular weight is 419 g/mol. The van der Waals surface area contributed by atoms with Crippen LogP contribution < -0.4 is 16.2 Å². The van der Waals surface area contributed by atoms with Crippen LogP contribution in [0.15, 0.2) is 59.4 Å². The number of hydrogen-bond acceptors (Lipinski definition) is 4. The Balaban J connectivity index is 1.53. The van der Waals surface area contributed by atoms with E-state index in [1.54, 1.807) is 55.1 Å². The van der Waals surface area contributed by atoms with E-state index in [9.17, 15) is 19.2 Å². The molecule has 2 heterocycles. The lowest BCUT2D eigenvalue weighted by Gasteiger charge is -2.23. The third kappa shape index (κ3) is 3.29. The molecule has 2 N–H and O–H groups in total. The van der Waals surface area contributed by atoms with Gasteiger partial charge in [0.15, 0.2) is 0 Å². The Kier molecular flexibility index (Phi) is 4.94. The Morgan fingerprint density at radius 2 is 1.45 bits per heavy atom. The lowest BCUT2D eigenvalue weighted by atomic mass is 10.1. The van der Waals surface area contributed by atoms with Crippen molar-refractivity contribution in [1.82, 2.24) is 19.6 Å². The van der Waals surface area contributed by atoms with Crippen molar-refractivity contribution in [3.05, 3.63) is 81.8 Å². The second-order valence-corrected chi connectivity index (χ2v) is 7.24. The van der Waals surface area contributed by atoms with E-state index in [0.29, 0.717) is 22.5 Å². The van der Waals surface area contributed by atoms with Crippen LogP contribution in [0.5, 0.6) is 0 Å². The van der Waals surface area contributed by atoms with Gasteiger partial charge in [-0.2, -0.15) is 0 Å². The topological polar surface area (TPSA) is 105 Å². The summed E-state index contributed by atoms with van der Waals surface area (Å²) in [7, 11) is 1.72. The Bertz CT molecular complexity index is 1220. The summed E-state index contributed by atoms with van der Waals surface area (Å²) in [5.74, 6) is -0.952. The number of urea groups is 1. The summed E-state index contributed by atoms with van der Waals surface area (Å²) in [5.41, 5.74) is 1.52. The van der Waals surface area contributed by atoms with Crippen molar-refractivity contribution in [1.29, 1.82) is 0 Å². The van der Waals surface area contributed by atoms with Gasteiger partial charge in [-0.3, -0.25) is 24.0 Å². The number of anilines is 1. The maximum atomic E-state index is 12.9. The van der Waals surface area contributed by atoms with E-state index in [-0.39, 0.29) is 5.69 Å². The molecule has 158 valence electrons. The van der Waals surface area contributed by atoms with Gasteiger partial charge in [0, 0.05) is 7.05 Å². The van der Waals surface area contributed by atoms with E-state index < -0.39 is 29.6 Å². The minimum absolute atomic E-state index is 0.110. The van der Waals surface area contributed by atoms with E-state index in [1.807, 2.05) is 18.2 Å². The Hall–Kier alpha value is -4.14. The van der Waals surface area contributed by atoms with Gasteiger partial charge in [0.2, 0.25) is 0 Å². The van der Waals surface area contributed by atoms with E-state index in [2.05, 4.69) is 10.6 Å². The van der Waals surface area contributed by atoms with Crippen molar-refractivity contribution in [2.24, 2.45) is 7.05 Å². The van der Waals surface area contributed by atoms with E-state index >= 15 is 0 Å². The first kappa shape index (κ1) is 20.1. The minimum atomic E-state index is -0.909. The molecule has 2 aromatic carbocycles. The fourth-order valence-electron chi connectivity index (χ4n) is 3.68. The average Bonchev–Trinajstić information content (AvgIpc) is 3.13. The summed E-state index contributed by atoms with van der Waals surface area (Å²) in [4.78, 5) is 51.7. The summed E-state index contributed by atoms with van der Waals surface area (Å²) in [6, 6.07) is 14.8. The standard InChI is InChI=1S/C22H21N5O4/c1-13-18(21(30)27(25(13)3)15-9-5-4-6-10-15)24-22(31)23-14(2)26-19(28)16-11-7-8-12-17(16)20(26)29/h4-12,14H,1-3H3,(H2,23,24,31). The summed E-state index contributed by atoms with van der Waals surface area (Å²) in [6.07, 6.45) is -0.909. The number of nitrogens with one attached hydrogen (secondary N) is 2. The zero-order chi connectivity index (χ0) is 22.3. The number of amides is 4. The normalized spacial score (nSPS) is 13.8. The van der Waals surface area contributed by atoms with Gasteiger partial charge in [-0.25, -0.2) is 9.48 Å². The summed E-state index contributed by atoms with van der Waals surface area (Å²) >= 11 is 0. The zero-order valence-corrected chi connectivity index (χ0v) is 17.2. The smallest absolute Gasteiger partial charge is 0.317 e. The molecule has 0 radical (unpaired) electrons. The maximum absolute atomic E-state index is 12.9.